The molecule has 3 heteroatoms. The molecule has 2 aromatic rings. The first kappa shape index (κ1) is 13.0. The van der Waals surface area contributed by atoms with Gasteiger partial charge in [0.15, 0.2) is 0 Å². The lowest BCUT2D eigenvalue weighted by Gasteiger charge is -2.20. The molecular weight excluding hydrogens is 248 g/mol. The number of fused-ring (bicyclic) bond motifs is 1. The predicted octanol–water partition coefficient (Wildman–Crippen LogP) is 2.72. The fourth-order valence-electron chi connectivity index (χ4n) is 2.63. The van der Waals surface area contributed by atoms with Gasteiger partial charge in [-0.25, -0.2) is 0 Å². The van der Waals surface area contributed by atoms with Gasteiger partial charge >= 0.3 is 0 Å². The highest BCUT2D eigenvalue weighted by atomic mass is 16.5. The third-order valence-electron chi connectivity index (χ3n) is 3.76. The minimum atomic E-state index is 0.591. The zero-order chi connectivity index (χ0) is 13.9. The highest BCUT2D eigenvalue weighted by molar-refractivity contribution is 5.54. The molecule has 3 rings (SSSR count). The van der Waals surface area contributed by atoms with E-state index in [1.165, 1.54) is 22.4 Å². The fourth-order valence-corrected chi connectivity index (χ4v) is 2.63. The first-order valence-electron chi connectivity index (χ1n) is 7.01. The third kappa shape index (κ3) is 2.63. The normalized spacial score (nSPS) is 12.9. The average molecular weight is 268 g/mol. The minimum Gasteiger partial charge on any atom is -0.493 e. The van der Waals surface area contributed by atoms with Crippen molar-refractivity contribution in [3.8, 4) is 5.75 Å². The second kappa shape index (κ2) is 5.55. The molecule has 1 aliphatic rings. The van der Waals surface area contributed by atoms with Crippen molar-refractivity contribution < 1.29 is 4.74 Å². The number of anilines is 1. The van der Waals surface area contributed by atoms with E-state index < -0.39 is 0 Å². The van der Waals surface area contributed by atoms with Crippen LogP contribution in [0, 0.1) is 0 Å². The summed E-state index contributed by atoms with van der Waals surface area (Å²) in [5.74, 6) is 1.03. The summed E-state index contributed by atoms with van der Waals surface area (Å²) in [6.45, 7) is 2.28. The predicted molar refractivity (Wildman–Crippen MR) is 82.1 cm³/mol. The lowest BCUT2D eigenvalue weighted by atomic mass is 10.1. The number of nitrogens with two attached hydrogens (primary N) is 1. The van der Waals surface area contributed by atoms with Crippen LogP contribution in [0.3, 0.4) is 0 Å². The Labute approximate surface area is 120 Å². The molecule has 0 saturated heterocycles. The van der Waals surface area contributed by atoms with E-state index in [-0.39, 0.29) is 0 Å². The van der Waals surface area contributed by atoms with E-state index in [0.29, 0.717) is 6.54 Å². The Morgan fingerprint density at radius 2 is 2.00 bits per heavy atom. The van der Waals surface area contributed by atoms with Gasteiger partial charge in [-0.3, -0.25) is 0 Å². The number of benzene rings is 2. The van der Waals surface area contributed by atoms with Gasteiger partial charge in [-0.05, 0) is 34.9 Å². The largest absolute Gasteiger partial charge is 0.493 e. The van der Waals surface area contributed by atoms with Crippen LogP contribution in [0.2, 0.25) is 0 Å². The van der Waals surface area contributed by atoms with E-state index in [4.69, 9.17) is 10.5 Å². The molecule has 1 heterocycles. The monoisotopic (exact) mass is 268 g/mol. The molecule has 0 spiro atoms. The van der Waals surface area contributed by atoms with Gasteiger partial charge in [0.05, 0.1) is 6.61 Å². The maximum atomic E-state index is 5.69. The average Bonchev–Trinajstić information content (AvgIpc) is 2.94. The molecule has 1 aliphatic heterocycles. The highest BCUT2D eigenvalue weighted by Gasteiger charge is 2.13. The van der Waals surface area contributed by atoms with Crippen molar-refractivity contribution in [1.82, 2.24) is 0 Å². The van der Waals surface area contributed by atoms with Gasteiger partial charge in [0.25, 0.3) is 0 Å². The molecule has 0 atom stereocenters. The van der Waals surface area contributed by atoms with Crippen molar-refractivity contribution in [1.29, 1.82) is 0 Å². The van der Waals surface area contributed by atoms with Crippen LogP contribution >= 0.6 is 0 Å². The number of ether oxygens (including phenoxy) is 1. The van der Waals surface area contributed by atoms with E-state index in [2.05, 4.69) is 54.4 Å². The van der Waals surface area contributed by atoms with Gasteiger partial charge in [0, 0.05) is 32.2 Å². The van der Waals surface area contributed by atoms with E-state index in [1.54, 1.807) is 0 Å². The topological polar surface area (TPSA) is 38.5 Å². The zero-order valence-electron chi connectivity index (χ0n) is 11.8. The number of hydrogen-bond donors (Lipinski definition) is 1. The van der Waals surface area contributed by atoms with E-state index >= 15 is 0 Å². The van der Waals surface area contributed by atoms with Crippen molar-refractivity contribution in [2.24, 2.45) is 5.73 Å². The summed E-state index contributed by atoms with van der Waals surface area (Å²) in [5.41, 5.74) is 10.7. The Bertz CT molecular complexity index is 610. The summed E-state index contributed by atoms with van der Waals surface area (Å²) in [7, 11) is 2.12. The molecular formula is C17H20N2O. The molecule has 0 unspecified atom stereocenters. The number of nitrogens with zero attached hydrogens (tertiary/aromatic N) is 1. The highest BCUT2D eigenvalue weighted by Crippen LogP contribution is 2.29. The summed E-state index contributed by atoms with van der Waals surface area (Å²) in [6, 6.07) is 14.9. The zero-order valence-corrected chi connectivity index (χ0v) is 11.8. The molecule has 3 nitrogen and oxygen atoms in total. The van der Waals surface area contributed by atoms with E-state index in [0.717, 1.165) is 25.3 Å². The van der Waals surface area contributed by atoms with Crippen molar-refractivity contribution in [3.63, 3.8) is 0 Å². The third-order valence-corrected chi connectivity index (χ3v) is 3.76. The lowest BCUT2D eigenvalue weighted by Crippen LogP contribution is -2.16. The maximum Gasteiger partial charge on any atom is 0.122 e. The Morgan fingerprint density at radius 3 is 2.85 bits per heavy atom. The fraction of sp³-hybridized carbons (Fsp3) is 0.294. The Morgan fingerprint density at radius 1 is 1.15 bits per heavy atom. The van der Waals surface area contributed by atoms with Crippen molar-refractivity contribution in [2.75, 3.05) is 18.6 Å². The van der Waals surface area contributed by atoms with E-state index in [1.807, 2.05) is 0 Å². The smallest absolute Gasteiger partial charge is 0.122 e. The molecule has 0 radical (unpaired) electrons. The maximum absolute atomic E-state index is 5.69. The first-order valence-corrected chi connectivity index (χ1v) is 7.01. The molecule has 2 aromatic carbocycles. The molecule has 2 N–H and O–H groups in total. The van der Waals surface area contributed by atoms with Crippen molar-refractivity contribution in [3.05, 3.63) is 59.2 Å². The molecule has 0 aliphatic carbocycles. The molecule has 104 valence electrons. The summed E-state index contributed by atoms with van der Waals surface area (Å²) in [5, 5.41) is 0. The lowest BCUT2D eigenvalue weighted by molar-refractivity contribution is 0.357. The Kier molecular flexibility index (Phi) is 3.61. The van der Waals surface area contributed by atoms with Gasteiger partial charge < -0.3 is 15.4 Å². The summed E-state index contributed by atoms with van der Waals surface area (Å²) < 4.78 is 5.55. The standard InChI is InChI=1S/C17H20N2O/c1-19(12-14-4-2-3-13(9-14)11-18)16-5-6-17-15(10-16)7-8-20-17/h2-6,9-10H,7-8,11-12,18H2,1H3. The number of rotatable bonds is 4. The molecule has 0 saturated carbocycles. The second-order valence-corrected chi connectivity index (χ2v) is 5.27. The van der Waals surface area contributed by atoms with Crippen LogP contribution in [0.1, 0.15) is 16.7 Å². The SMILES string of the molecule is CN(Cc1cccc(CN)c1)c1ccc2c(c1)CCO2. The molecule has 0 fully saturated rings. The molecule has 0 amide bonds. The van der Waals surface area contributed by atoms with Gasteiger partial charge in [0.1, 0.15) is 5.75 Å². The van der Waals surface area contributed by atoms with Gasteiger partial charge in [-0.1, -0.05) is 24.3 Å². The van der Waals surface area contributed by atoms with Crippen LogP contribution in [-0.2, 0) is 19.5 Å². The van der Waals surface area contributed by atoms with E-state index in [9.17, 15) is 0 Å². The van der Waals surface area contributed by atoms with Crippen LogP contribution in [0.25, 0.3) is 0 Å². The van der Waals surface area contributed by atoms with Gasteiger partial charge in [0.2, 0.25) is 0 Å². The quantitative estimate of drug-likeness (QED) is 0.926. The van der Waals surface area contributed by atoms with Crippen molar-refractivity contribution in [2.45, 2.75) is 19.5 Å². The molecule has 0 bridgehead atoms. The molecule has 20 heavy (non-hydrogen) atoms. The van der Waals surface area contributed by atoms with Crippen molar-refractivity contribution >= 4 is 5.69 Å². The summed E-state index contributed by atoms with van der Waals surface area (Å²) in [6.07, 6.45) is 1.01. The van der Waals surface area contributed by atoms with Gasteiger partial charge in [-0.2, -0.15) is 0 Å². The van der Waals surface area contributed by atoms with Crippen LogP contribution in [0.15, 0.2) is 42.5 Å². The van der Waals surface area contributed by atoms with Gasteiger partial charge in [-0.15, -0.1) is 0 Å². The molecule has 0 aromatic heterocycles. The van der Waals surface area contributed by atoms with Crippen LogP contribution in [0.4, 0.5) is 5.69 Å². The van der Waals surface area contributed by atoms with Crippen LogP contribution in [-0.4, -0.2) is 13.7 Å². The summed E-state index contributed by atoms with van der Waals surface area (Å²) >= 11 is 0. The first-order chi connectivity index (χ1) is 9.76. The Balaban J connectivity index is 1.77. The minimum absolute atomic E-state index is 0.591. The number of hydrogen-bond acceptors (Lipinski definition) is 3. The second-order valence-electron chi connectivity index (χ2n) is 5.27. The Hall–Kier alpha value is -2.00. The van der Waals surface area contributed by atoms with Crippen LogP contribution < -0.4 is 15.4 Å². The van der Waals surface area contributed by atoms with Crippen LogP contribution in [0.5, 0.6) is 5.75 Å². The summed E-state index contributed by atoms with van der Waals surface area (Å²) in [4.78, 5) is 2.26.